The van der Waals surface area contributed by atoms with Crippen LogP contribution in [0.25, 0.3) is 0 Å². The average Bonchev–Trinajstić information content (AvgIpc) is 3.05. The fourth-order valence-corrected chi connectivity index (χ4v) is 5.26. The normalized spacial score (nSPS) is 16.4. The molecule has 192 valence electrons. The Balaban J connectivity index is 1.27. The van der Waals surface area contributed by atoms with Crippen molar-refractivity contribution in [3.8, 4) is 0 Å². The zero-order chi connectivity index (χ0) is 25.8. The number of likely N-dealkylation sites (tertiary alicyclic amines) is 1. The third kappa shape index (κ3) is 6.13. The second-order valence-electron chi connectivity index (χ2n) is 9.56. The first kappa shape index (κ1) is 25.3. The lowest BCUT2D eigenvalue weighted by Gasteiger charge is -2.39. The van der Waals surface area contributed by atoms with Crippen LogP contribution in [0.3, 0.4) is 0 Å². The summed E-state index contributed by atoms with van der Waals surface area (Å²) in [5.41, 5.74) is 3.75. The van der Waals surface area contributed by atoms with Gasteiger partial charge >= 0.3 is 12.1 Å². The van der Waals surface area contributed by atoms with E-state index in [2.05, 4.69) is 15.9 Å². The molecule has 8 heteroatoms. The number of carbonyl (C=O) groups excluding carboxylic acids is 2. The summed E-state index contributed by atoms with van der Waals surface area (Å²) in [4.78, 5) is 31.8. The summed E-state index contributed by atoms with van der Waals surface area (Å²) in [5, 5.41) is 0. The number of piperidine rings is 1. The third-order valence-corrected chi connectivity index (χ3v) is 7.57. The van der Waals surface area contributed by atoms with Crippen LogP contribution in [0.2, 0.25) is 0 Å². The van der Waals surface area contributed by atoms with Crippen LogP contribution in [0.15, 0.2) is 77.3 Å². The first-order chi connectivity index (χ1) is 18.0. The zero-order valence-corrected chi connectivity index (χ0v) is 22.1. The van der Waals surface area contributed by atoms with Crippen LogP contribution in [0.5, 0.6) is 0 Å². The molecule has 37 heavy (non-hydrogen) atoms. The summed E-state index contributed by atoms with van der Waals surface area (Å²) in [6.45, 7) is 2.48. The van der Waals surface area contributed by atoms with Crippen molar-refractivity contribution in [2.24, 2.45) is 0 Å². The molecule has 1 saturated heterocycles. The maximum atomic E-state index is 14.1. The van der Waals surface area contributed by atoms with Gasteiger partial charge in [-0.25, -0.2) is 14.0 Å². The fourth-order valence-electron chi connectivity index (χ4n) is 4.99. The monoisotopic (exact) mass is 565 g/mol. The quantitative estimate of drug-likeness (QED) is 0.363. The molecule has 1 fully saturated rings. The molecule has 2 aliphatic rings. The highest BCUT2D eigenvalue weighted by molar-refractivity contribution is 9.10. The fraction of sp³-hybridized carbons (Fsp3) is 0.310. The van der Waals surface area contributed by atoms with E-state index in [9.17, 15) is 14.0 Å². The Bertz CT molecular complexity index is 1250. The Labute approximate surface area is 224 Å². The topological polar surface area (TPSA) is 53.1 Å². The number of ether oxygens (including phenoxy) is 1. The number of rotatable bonds is 5. The van der Waals surface area contributed by atoms with Crippen molar-refractivity contribution >= 4 is 28.1 Å². The zero-order valence-electron chi connectivity index (χ0n) is 20.5. The average molecular weight is 566 g/mol. The molecule has 2 heterocycles. The Morgan fingerprint density at radius 1 is 0.919 bits per heavy atom. The molecule has 2 aliphatic heterocycles. The molecule has 3 aromatic rings. The summed E-state index contributed by atoms with van der Waals surface area (Å²) in [6, 6.07) is 22.2. The molecule has 0 aromatic heterocycles. The molecule has 0 unspecified atom stereocenters. The lowest BCUT2D eigenvalue weighted by molar-refractivity contribution is 0.0674. The van der Waals surface area contributed by atoms with E-state index >= 15 is 0 Å². The van der Waals surface area contributed by atoms with Gasteiger partial charge < -0.3 is 19.4 Å². The number of carbonyl (C=O) groups is 2. The summed E-state index contributed by atoms with van der Waals surface area (Å²) in [7, 11) is 0. The molecule has 0 aliphatic carbocycles. The van der Waals surface area contributed by atoms with Gasteiger partial charge in [0.1, 0.15) is 12.4 Å². The highest BCUT2D eigenvalue weighted by atomic mass is 79.9. The van der Waals surface area contributed by atoms with Gasteiger partial charge in [0.2, 0.25) is 0 Å². The summed E-state index contributed by atoms with van der Waals surface area (Å²) in [5.74, 6) is -0.302. The molecule has 0 atom stereocenters. The molecule has 0 spiro atoms. The van der Waals surface area contributed by atoms with Crippen LogP contribution in [0.4, 0.5) is 14.0 Å². The van der Waals surface area contributed by atoms with Crippen LogP contribution in [0, 0.1) is 5.82 Å². The van der Waals surface area contributed by atoms with Gasteiger partial charge in [0, 0.05) is 43.2 Å². The van der Waals surface area contributed by atoms with E-state index in [1.54, 1.807) is 11.0 Å². The van der Waals surface area contributed by atoms with Gasteiger partial charge in [-0.15, -0.1) is 0 Å². The van der Waals surface area contributed by atoms with Gasteiger partial charge in [0.05, 0.1) is 0 Å². The largest absolute Gasteiger partial charge is 0.445 e. The molecule has 6 nitrogen and oxygen atoms in total. The Kier molecular flexibility index (Phi) is 7.74. The number of hydrogen-bond donors (Lipinski definition) is 0. The van der Waals surface area contributed by atoms with Crippen LogP contribution < -0.4 is 0 Å². The maximum absolute atomic E-state index is 14.1. The van der Waals surface area contributed by atoms with Crippen LogP contribution in [-0.4, -0.2) is 46.0 Å². The Morgan fingerprint density at radius 3 is 2.38 bits per heavy atom. The van der Waals surface area contributed by atoms with Gasteiger partial charge in [-0.3, -0.25) is 0 Å². The molecule has 0 N–H and O–H groups in total. The van der Waals surface area contributed by atoms with Crippen LogP contribution in [0.1, 0.15) is 35.1 Å². The van der Waals surface area contributed by atoms with E-state index in [-0.39, 0.29) is 30.6 Å². The van der Waals surface area contributed by atoms with E-state index in [4.69, 9.17) is 4.74 Å². The number of urea groups is 1. The first-order valence-electron chi connectivity index (χ1n) is 12.5. The van der Waals surface area contributed by atoms with E-state index in [0.717, 1.165) is 26.7 Å². The molecule has 0 radical (unpaired) electrons. The van der Waals surface area contributed by atoms with Crippen LogP contribution >= 0.6 is 15.9 Å². The van der Waals surface area contributed by atoms with Crippen molar-refractivity contribution in [1.29, 1.82) is 0 Å². The minimum atomic E-state index is -0.339. The second-order valence-corrected chi connectivity index (χ2v) is 10.5. The SMILES string of the molecule is O=C(OCc1ccccc1)N1CCC(N2Cc3cc(F)ccc3CN(Cc3ccc(Br)cc3)C2=O)CC1. The highest BCUT2D eigenvalue weighted by Crippen LogP contribution is 2.28. The summed E-state index contributed by atoms with van der Waals surface area (Å²) in [6.07, 6.45) is 0.945. The van der Waals surface area contributed by atoms with E-state index < -0.39 is 0 Å². The van der Waals surface area contributed by atoms with E-state index in [0.29, 0.717) is 45.6 Å². The number of hydrogen-bond acceptors (Lipinski definition) is 3. The lowest BCUT2D eigenvalue weighted by atomic mass is 10.0. The van der Waals surface area contributed by atoms with Gasteiger partial charge in [0.15, 0.2) is 0 Å². The summed E-state index contributed by atoms with van der Waals surface area (Å²) < 4.78 is 20.6. The predicted octanol–water partition coefficient (Wildman–Crippen LogP) is 6.33. The number of nitrogens with zero attached hydrogens (tertiary/aromatic N) is 3. The van der Waals surface area contributed by atoms with Crippen molar-refractivity contribution in [3.63, 3.8) is 0 Å². The van der Waals surface area contributed by atoms with Gasteiger partial charge in [-0.1, -0.05) is 64.5 Å². The van der Waals surface area contributed by atoms with Crippen molar-refractivity contribution < 1.29 is 18.7 Å². The molecular weight excluding hydrogens is 537 g/mol. The number of halogens is 2. The standard InChI is InChI=1S/C29H29BrFN3O3/c30-25-9-6-21(7-10-25)17-33-18-23-8-11-26(31)16-24(23)19-34(28(33)35)27-12-14-32(15-13-27)29(36)37-20-22-4-2-1-3-5-22/h1-11,16,27H,12-15,17-20H2. The van der Waals surface area contributed by atoms with Crippen LogP contribution in [-0.2, 0) is 31.0 Å². The molecular formula is C29H29BrFN3O3. The first-order valence-corrected chi connectivity index (χ1v) is 13.3. The minimum Gasteiger partial charge on any atom is -0.445 e. The Morgan fingerprint density at radius 2 is 1.65 bits per heavy atom. The van der Waals surface area contributed by atoms with Gasteiger partial charge in [-0.05, 0) is 59.4 Å². The minimum absolute atomic E-state index is 0.0488. The van der Waals surface area contributed by atoms with Crippen molar-refractivity contribution in [2.45, 2.75) is 45.1 Å². The second kappa shape index (κ2) is 11.3. The van der Waals surface area contributed by atoms with Gasteiger partial charge in [0.25, 0.3) is 0 Å². The van der Waals surface area contributed by atoms with Crippen molar-refractivity contribution in [1.82, 2.24) is 14.7 Å². The third-order valence-electron chi connectivity index (χ3n) is 7.04. The predicted molar refractivity (Wildman–Crippen MR) is 142 cm³/mol. The Hall–Kier alpha value is -3.39. The van der Waals surface area contributed by atoms with Crippen molar-refractivity contribution in [2.75, 3.05) is 13.1 Å². The van der Waals surface area contributed by atoms with Crippen molar-refractivity contribution in [3.05, 3.63) is 105 Å². The molecule has 5 rings (SSSR count). The smallest absolute Gasteiger partial charge is 0.410 e. The molecule has 3 aromatic carbocycles. The maximum Gasteiger partial charge on any atom is 0.410 e. The number of benzene rings is 3. The van der Waals surface area contributed by atoms with E-state index in [1.165, 1.54) is 12.1 Å². The van der Waals surface area contributed by atoms with Gasteiger partial charge in [-0.2, -0.15) is 0 Å². The molecule has 0 bridgehead atoms. The molecule has 3 amide bonds. The number of fused-ring (bicyclic) bond motifs is 1. The summed E-state index contributed by atoms with van der Waals surface area (Å²) >= 11 is 3.46. The highest BCUT2D eigenvalue weighted by Gasteiger charge is 2.35. The lowest BCUT2D eigenvalue weighted by Crippen LogP contribution is -2.51. The van der Waals surface area contributed by atoms with E-state index in [1.807, 2.05) is 64.4 Å². The molecule has 0 saturated carbocycles. The number of amides is 3.